The fraction of sp³-hybridized carbons (Fsp3) is 0.214. The number of amides is 1. The van der Waals surface area contributed by atoms with Crippen molar-refractivity contribution in [2.45, 2.75) is 18.1 Å². The molecule has 2 N–H and O–H groups in total. The minimum atomic E-state index is -0.324. The fourth-order valence-electron chi connectivity index (χ4n) is 1.74. The molecule has 2 rings (SSSR count). The Morgan fingerprint density at radius 3 is 2.71 bits per heavy atom. The molecule has 7 heteroatoms. The number of allylic oxidation sites excluding steroid dienone is 1. The molecular weight excluding hydrogens is 308 g/mol. The summed E-state index contributed by atoms with van der Waals surface area (Å²) in [6, 6.07) is 7.40. The maximum absolute atomic E-state index is 10.8. The van der Waals surface area contributed by atoms with Gasteiger partial charge in [0.05, 0.1) is 0 Å². The monoisotopic (exact) mass is 322 g/mol. The smallest absolute Gasteiger partial charge is 0.218 e. The largest absolute Gasteiger partial charge is 0.370 e. The van der Waals surface area contributed by atoms with Crippen molar-refractivity contribution in [1.29, 1.82) is 0 Å². The van der Waals surface area contributed by atoms with E-state index < -0.39 is 0 Å². The molecule has 0 aliphatic carbocycles. The summed E-state index contributed by atoms with van der Waals surface area (Å²) in [5, 5.41) is 9.80. The molecule has 1 aromatic carbocycles. The first-order valence-electron chi connectivity index (χ1n) is 6.33. The van der Waals surface area contributed by atoms with Crippen LogP contribution in [-0.2, 0) is 11.3 Å². The lowest BCUT2D eigenvalue weighted by Crippen LogP contribution is -2.11. The predicted octanol–water partition coefficient (Wildman–Crippen LogP) is 2.75. The summed E-state index contributed by atoms with van der Waals surface area (Å²) in [5.41, 5.74) is 6.07. The van der Waals surface area contributed by atoms with Gasteiger partial charge >= 0.3 is 0 Å². The third kappa shape index (κ3) is 4.09. The maximum atomic E-state index is 10.8. The number of rotatable bonds is 7. The number of halogens is 1. The quantitative estimate of drug-likeness (QED) is 0.628. The van der Waals surface area contributed by atoms with Crippen molar-refractivity contribution in [2.24, 2.45) is 5.73 Å². The summed E-state index contributed by atoms with van der Waals surface area (Å²) in [6.07, 6.45) is 2.09. The number of hydrogen-bond donors (Lipinski definition) is 1. The molecule has 0 bridgehead atoms. The second kappa shape index (κ2) is 7.28. The number of nitrogens with zero attached hydrogens (tertiary/aromatic N) is 3. The number of benzene rings is 1. The van der Waals surface area contributed by atoms with E-state index in [0.29, 0.717) is 23.7 Å². The highest BCUT2D eigenvalue weighted by Gasteiger charge is 2.13. The van der Waals surface area contributed by atoms with Crippen LogP contribution in [0.2, 0.25) is 5.02 Å². The van der Waals surface area contributed by atoms with E-state index >= 15 is 0 Å². The molecule has 0 radical (unpaired) electrons. The molecule has 2 aromatic rings. The summed E-state index contributed by atoms with van der Waals surface area (Å²) in [6.45, 7) is 4.34. The number of aromatic nitrogens is 3. The second-order valence-electron chi connectivity index (χ2n) is 4.28. The van der Waals surface area contributed by atoms with E-state index in [9.17, 15) is 4.79 Å². The molecule has 0 aliphatic rings. The molecule has 1 amide bonds. The Labute approximate surface area is 132 Å². The SMILES string of the molecule is C=CCn1c(SCCC(N)=O)nnc1-c1ccc(Cl)cc1. The molecule has 110 valence electrons. The summed E-state index contributed by atoms with van der Waals surface area (Å²) in [5.74, 6) is 0.994. The van der Waals surface area contributed by atoms with E-state index in [1.165, 1.54) is 11.8 Å². The van der Waals surface area contributed by atoms with Gasteiger partial charge in [0.2, 0.25) is 5.91 Å². The highest BCUT2D eigenvalue weighted by atomic mass is 35.5. The molecular formula is C14H15ClN4OS. The molecule has 0 saturated heterocycles. The van der Waals surface area contributed by atoms with Gasteiger partial charge in [-0.2, -0.15) is 0 Å². The van der Waals surface area contributed by atoms with Gasteiger partial charge in [0.1, 0.15) is 0 Å². The lowest BCUT2D eigenvalue weighted by molar-refractivity contribution is -0.117. The standard InChI is InChI=1S/C14H15ClN4OS/c1-2-8-19-13(10-3-5-11(15)6-4-10)17-18-14(19)21-9-7-12(16)20/h2-6H,1,7-9H2,(H2,16,20). The first-order valence-corrected chi connectivity index (χ1v) is 7.69. The summed E-state index contributed by atoms with van der Waals surface area (Å²) in [7, 11) is 0. The van der Waals surface area contributed by atoms with Gasteiger partial charge in [-0.1, -0.05) is 29.4 Å². The summed E-state index contributed by atoms with van der Waals surface area (Å²) < 4.78 is 1.95. The topological polar surface area (TPSA) is 73.8 Å². The molecule has 0 atom stereocenters. The zero-order valence-corrected chi connectivity index (χ0v) is 12.9. The fourth-order valence-corrected chi connectivity index (χ4v) is 2.77. The van der Waals surface area contributed by atoms with E-state index in [1.54, 1.807) is 6.08 Å². The van der Waals surface area contributed by atoms with Crippen LogP contribution in [0.1, 0.15) is 6.42 Å². The molecule has 0 aliphatic heterocycles. The Morgan fingerprint density at radius 2 is 2.10 bits per heavy atom. The van der Waals surface area contributed by atoms with E-state index in [0.717, 1.165) is 16.5 Å². The zero-order chi connectivity index (χ0) is 15.2. The van der Waals surface area contributed by atoms with Gasteiger partial charge in [0.25, 0.3) is 0 Å². The van der Waals surface area contributed by atoms with Gasteiger partial charge in [0.15, 0.2) is 11.0 Å². The number of nitrogens with two attached hydrogens (primary N) is 1. The Hall–Kier alpha value is -1.79. The number of hydrogen-bond acceptors (Lipinski definition) is 4. The van der Waals surface area contributed by atoms with Crippen LogP contribution in [0.25, 0.3) is 11.4 Å². The number of primary amides is 1. The Morgan fingerprint density at radius 1 is 1.38 bits per heavy atom. The Bertz CT molecular complexity index is 639. The lowest BCUT2D eigenvalue weighted by Gasteiger charge is -2.07. The van der Waals surface area contributed by atoms with Crippen molar-refractivity contribution in [2.75, 3.05) is 5.75 Å². The van der Waals surface area contributed by atoms with Crippen LogP contribution in [0, 0.1) is 0 Å². The normalized spacial score (nSPS) is 10.5. The van der Waals surface area contributed by atoms with Gasteiger partial charge in [-0.3, -0.25) is 9.36 Å². The summed E-state index contributed by atoms with van der Waals surface area (Å²) in [4.78, 5) is 10.8. The predicted molar refractivity (Wildman–Crippen MR) is 85.2 cm³/mol. The number of thioether (sulfide) groups is 1. The molecule has 1 aromatic heterocycles. The van der Waals surface area contributed by atoms with E-state index in [-0.39, 0.29) is 5.91 Å². The van der Waals surface area contributed by atoms with Crippen LogP contribution in [0.5, 0.6) is 0 Å². The minimum absolute atomic E-state index is 0.307. The Balaban J connectivity index is 2.25. The highest BCUT2D eigenvalue weighted by Crippen LogP contribution is 2.25. The number of carbonyl (C=O) groups excluding carboxylic acids is 1. The maximum Gasteiger partial charge on any atom is 0.218 e. The van der Waals surface area contributed by atoms with Crippen LogP contribution in [0.3, 0.4) is 0 Å². The van der Waals surface area contributed by atoms with Gasteiger partial charge < -0.3 is 5.73 Å². The van der Waals surface area contributed by atoms with Crippen LogP contribution in [0.15, 0.2) is 42.1 Å². The zero-order valence-electron chi connectivity index (χ0n) is 11.3. The average Bonchev–Trinajstić information content (AvgIpc) is 2.83. The lowest BCUT2D eigenvalue weighted by atomic mass is 10.2. The number of carbonyl (C=O) groups is 1. The first-order chi connectivity index (χ1) is 10.1. The van der Waals surface area contributed by atoms with E-state index in [2.05, 4.69) is 16.8 Å². The van der Waals surface area contributed by atoms with Crippen molar-refractivity contribution in [1.82, 2.24) is 14.8 Å². The molecule has 5 nitrogen and oxygen atoms in total. The highest BCUT2D eigenvalue weighted by molar-refractivity contribution is 7.99. The minimum Gasteiger partial charge on any atom is -0.370 e. The third-order valence-corrected chi connectivity index (χ3v) is 3.93. The van der Waals surface area contributed by atoms with Crippen LogP contribution >= 0.6 is 23.4 Å². The van der Waals surface area contributed by atoms with Gasteiger partial charge in [-0.05, 0) is 24.3 Å². The van der Waals surface area contributed by atoms with Crippen LogP contribution < -0.4 is 5.73 Å². The molecule has 21 heavy (non-hydrogen) atoms. The van der Waals surface area contributed by atoms with Crippen LogP contribution in [-0.4, -0.2) is 26.4 Å². The van der Waals surface area contributed by atoms with Crippen molar-refractivity contribution in [3.63, 3.8) is 0 Å². The molecule has 0 unspecified atom stereocenters. The molecule has 0 saturated carbocycles. The second-order valence-corrected chi connectivity index (χ2v) is 5.78. The van der Waals surface area contributed by atoms with Crippen molar-refractivity contribution in [3.05, 3.63) is 41.9 Å². The summed E-state index contributed by atoms with van der Waals surface area (Å²) >= 11 is 7.35. The Kier molecular flexibility index (Phi) is 5.41. The van der Waals surface area contributed by atoms with Gasteiger partial charge in [-0.15, -0.1) is 16.8 Å². The molecule has 0 fully saturated rings. The van der Waals surface area contributed by atoms with Gasteiger partial charge in [0, 0.05) is 29.3 Å². The molecule has 1 heterocycles. The van der Waals surface area contributed by atoms with E-state index in [1.807, 2.05) is 28.8 Å². The first kappa shape index (κ1) is 15.6. The van der Waals surface area contributed by atoms with Crippen molar-refractivity contribution in [3.8, 4) is 11.4 Å². The molecule has 0 spiro atoms. The van der Waals surface area contributed by atoms with Crippen LogP contribution in [0.4, 0.5) is 0 Å². The third-order valence-electron chi connectivity index (χ3n) is 2.71. The van der Waals surface area contributed by atoms with Gasteiger partial charge in [-0.25, -0.2) is 0 Å². The van der Waals surface area contributed by atoms with E-state index in [4.69, 9.17) is 17.3 Å². The van der Waals surface area contributed by atoms with Crippen molar-refractivity contribution >= 4 is 29.3 Å². The average molecular weight is 323 g/mol. The van der Waals surface area contributed by atoms with Crippen molar-refractivity contribution < 1.29 is 4.79 Å².